The molecule has 0 saturated carbocycles. The van der Waals surface area contributed by atoms with Crippen molar-refractivity contribution in [2.45, 2.75) is 19.8 Å². The van der Waals surface area contributed by atoms with Crippen LogP contribution in [0, 0.1) is 0 Å². The number of allylic oxidation sites excluding steroid dienone is 1. The lowest BCUT2D eigenvalue weighted by Crippen LogP contribution is -1.81. The highest BCUT2D eigenvalue weighted by molar-refractivity contribution is 7.80. The van der Waals surface area contributed by atoms with Crippen LogP contribution in [0.15, 0.2) is 12.7 Å². The Labute approximate surface area is 50.2 Å². The Balaban J connectivity index is 2.97. The van der Waals surface area contributed by atoms with Crippen LogP contribution in [0.1, 0.15) is 19.8 Å². The Morgan fingerprint density at radius 1 is 1.86 bits per heavy atom. The summed E-state index contributed by atoms with van der Waals surface area (Å²) in [7, 11) is 0. The van der Waals surface area contributed by atoms with Gasteiger partial charge in [-0.1, -0.05) is 18.3 Å². The molecule has 0 fully saturated rings. The molecule has 0 nitrogen and oxygen atoms in total. The first-order chi connectivity index (χ1) is 3.27. The molecule has 0 aliphatic rings. The summed E-state index contributed by atoms with van der Waals surface area (Å²) in [5.41, 5.74) is 0. The van der Waals surface area contributed by atoms with Gasteiger partial charge in [0, 0.05) is 0 Å². The van der Waals surface area contributed by atoms with Gasteiger partial charge in [-0.25, -0.2) is 0 Å². The van der Waals surface area contributed by atoms with Crippen molar-refractivity contribution in [1.29, 1.82) is 0 Å². The molecule has 1 heteroatoms. The van der Waals surface area contributed by atoms with Crippen LogP contribution < -0.4 is 0 Å². The number of hydrogen-bond acceptors (Lipinski definition) is 1. The highest BCUT2D eigenvalue weighted by Crippen LogP contribution is 1.90. The summed E-state index contributed by atoms with van der Waals surface area (Å²) < 4.78 is 0. The first kappa shape index (κ1) is 6.83. The monoisotopic (exact) mass is 114 g/mol. The molecule has 0 aromatic heterocycles. The van der Waals surface area contributed by atoms with E-state index >= 15 is 0 Å². The van der Waals surface area contributed by atoms with E-state index in [4.69, 9.17) is 12.2 Å². The van der Waals surface area contributed by atoms with Crippen molar-refractivity contribution in [3.05, 3.63) is 12.7 Å². The molecule has 0 rings (SSSR count). The van der Waals surface area contributed by atoms with Crippen LogP contribution >= 0.6 is 12.2 Å². The fourth-order valence-electron chi connectivity index (χ4n) is 0.305. The summed E-state index contributed by atoms with van der Waals surface area (Å²) in [6.07, 6.45) is 3.92. The summed E-state index contributed by atoms with van der Waals surface area (Å²) in [5, 5.41) is 0. The van der Waals surface area contributed by atoms with E-state index in [2.05, 4.69) is 6.58 Å². The Morgan fingerprint density at radius 3 is 2.57 bits per heavy atom. The van der Waals surface area contributed by atoms with E-state index in [1.54, 1.807) is 0 Å². The van der Waals surface area contributed by atoms with Crippen molar-refractivity contribution in [3.8, 4) is 0 Å². The van der Waals surface area contributed by atoms with Gasteiger partial charge in [0.2, 0.25) is 0 Å². The Hall–Kier alpha value is -0.170. The molecular formula is C6H10S. The average molecular weight is 114 g/mol. The predicted octanol–water partition coefficient (Wildman–Crippen LogP) is 2.34. The average Bonchev–Trinajstić information content (AvgIpc) is 1.61. The van der Waals surface area contributed by atoms with E-state index in [0.29, 0.717) is 0 Å². The fraction of sp³-hybridized carbons (Fsp3) is 0.500. The van der Waals surface area contributed by atoms with Gasteiger partial charge in [-0.2, -0.15) is 0 Å². The van der Waals surface area contributed by atoms with Gasteiger partial charge < -0.3 is 0 Å². The topological polar surface area (TPSA) is 0 Å². The second kappa shape index (κ2) is 4.00. The van der Waals surface area contributed by atoms with Crippen molar-refractivity contribution < 1.29 is 0 Å². The zero-order valence-corrected chi connectivity index (χ0v) is 5.42. The van der Waals surface area contributed by atoms with Crippen LogP contribution in [0.3, 0.4) is 0 Å². The number of hydrogen-bond donors (Lipinski definition) is 0. The van der Waals surface area contributed by atoms with Crippen LogP contribution in [0.25, 0.3) is 0 Å². The maximum Gasteiger partial charge on any atom is -0.00994 e. The molecule has 0 aliphatic carbocycles. The van der Waals surface area contributed by atoms with Crippen LogP contribution in [-0.2, 0) is 0 Å². The molecule has 0 heterocycles. The Morgan fingerprint density at radius 2 is 2.43 bits per heavy atom. The second-order valence-electron chi connectivity index (χ2n) is 1.53. The minimum absolute atomic E-state index is 1.01. The molecule has 0 saturated heterocycles. The van der Waals surface area contributed by atoms with Crippen molar-refractivity contribution in [1.82, 2.24) is 0 Å². The molecule has 0 amide bonds. The fourth-order valence-corrected chi connectivity index (χ4v) is 0.423. The summed E-state index contributed by atoms with van der Waals surface area (Å²) in [5.74, 6) is 0. The van der Waals surface area contributed by atoms with Gasteiger partial charge >= 0.3 is 0 Å². The molecule has 0 aromatic carbocycles. The van der Waals surface area contributed by atoms with E-state index in [1.165, 1.54) is 0 Å². The molecule has 0 unspecified atom stereocenters. The van der Waals surface area contributed by atoms with E-state index in [9.17, 15) is 0 Å². The van der Waals surface area contributed by atoms with E-state index < -0.39 is 0 Å². The van der Waals surface area contributed by atoms with E-state index in [0.717, 1.165) is 17.7 Å². The molecule has 0 aromatic rings. The van der Waals surface area contributed by atoms with Crippen LogP contribution in [0.4, 0.5) is 0 Å². The Kier molecular flexibility index (Phi) is 3.90. The van der Waals surface area contributed by atoms with E-state index in [1.807, 2.05) is 13.0 Å². The molecule has 0 N–H and O–H groups in total. The quantitative estimate of drug-likeness (QED) is 0.401. The highest BCUT2D eigenvalue weighted by Gasteiger charge is 1.80. The Bertz CT molecular complexity index is 74.2. The third-order valence-corrected chi connectivity index (χ3v) is 0.905. The van der Waals surface area contributed by atoms with Crippen molar-refractivity contribution in [2.24, 2.45) is 0 Å². The van der Waals surface area contributed by atoms with Crippen molar-refractivity contribution in [3.63, 3.8) is 0 Å². The van der Waals surface area contributed by atoms with Crippen molar-refractivity contribution >= 4 is 17.1 Å². The molecule has 0 radical (unpaired) electrons. The standard InChI is InChI=1S/C6H10S/c1-3-4-5-6(2)7/h3H,1,4-5H2,2H3. The highest BCUT2D eigenvalue weighted by atomic mass is 32.1. The zero-order chi connectivity index (χ0) is 5.70. The van der Waals surface area contributed by atoms with Gasteiger partial charge in [0.15, 0.2) is 0 Å². The minimum Gasteiger partial charge on any atom is -0.103 e. The molecular weight excluding hydrogens is 104 g/mol. The first-order valence-electron chi connectivity index (χ1n) is 2.37. The van der Waals surface area contributed by atoms with Crippen LogP contribution in [0.5, 0.6) is 0 Å². The third-order valence-electron chi connectivity index (χ3n) is 0.701. The van der Waals surface area contributed by atoms with Crippen molar-refractivity contribution in [2.75, 3.05) is 0 Å². The summed E-state index contributed by atoms with van der Waals surface area (Å²) >= 11 is 4.81. The van der Waals surface area contributed by atoms with Gasteiger partial charge in [0.05, 0.1) is 0 Å². The molecule has 0 bridgehead atoms. The first-order valence-corrected chi connectivity index (χ1v) is 2.78. The van der Waals surface area contributed by atoms with E-state index in [-0.39, 0.29) is 0 Å². The maximum atomic E-state index is 4.81. The van der Waals surface area contributed by atoms with Gasteiger partial charge in [0.1, 0.15) is 0 Å². The smallest absolute Gasteiger partial charge is 0.00994 e. The lowest BCUT2D eigenvalue weighted by molar-refractivity contribution is 1.11. The van der Waals surface area contributed by atoms with Gasteiger partial charge in [-0.3, -0.25) is 0 Å². The number of thiocarbonyl (C=S) groups is 1. The largest absolute Gasteiger partial charge is 0.103 e. The predicted molar refractivity (Wildman–Crippen MR) is 37.7 cm³/mol. The normalized spacial score (nSPS) is 8.14. The number of rotatable bonds is 3. The minimum atomic E-state index is 1.01. The lowest BCUT2D eigenvalue weighted by Gasteiger charge is -1.86. The van der Waals surface area contributed by atoms with Gasteiger partial charge in [-0.15, -0.1) is 6.58 Å². The lowest BCUT2D eigenvalue weighted by atomic mass is 10.2. The summed E-state index contributed by atoms with van der Waals surface area (Å²) in [6.45, 7) is 5.53. The molecule has 7 heavy (non-hydrogen) atoms. The third kappa shape index (κ3) is 5.83. The molecule has 40 valence electrons. The SMILES string of the molecule is C=CCCC(C)=S. The molecule has 0 spiro atoms. The van der Waals surface area contributed by atoms with Gasteiger partial charge in [0.25, 0.3) is 0 Å². The van der Waals surface area contributed by atoms with Crippen LogP contribution in [-0.4, -0.2) is 4.86 Å². The summed E-state index contributed by atoms with van der Waals surface area (Å²) in [6, 6.07) is 0. The summed E-state index contributed by atoms with van der Waals surface area (Å²) in [4.78, 5) is 1.07. The molecule has 0 atom stereocenters. The molecule has 0 aliphatic heterocycles. The maximum absolute atomic E-state index is 4.81. The zero-order valence-electron chi connectivity index (χ0n) is 4.61. The van der Waals surface area contributed by atoms with Crippen LogP contribution in [0.2, 0.25) is 0 Å². The van der Waals surface area contributed by atoms with Gasteiger partial charge in [-0.05, 0) is 24.6 Å². The second-order valence-corrected chi connectivity index (χ2v) is 2.23.